The summed E-state index contributed by atoms with van der Waals surface area (Å²) in [6.07, 6.45) is 0.941. The number of halogens is 1. The van der Waals surface area contributed by atoms with Crippen molar-refractivity contribution < 1.29 is 19.2 Å². The predicted octanol–water partition coefficient (Wildman–Crippen LogP) is 3.25. The molecule has 3 atom stereocenters. The number of rotatable bonds is 7. The second kappa shape index (κ2) is 10.9. The summed E-state index contributed by atoms with van der Waals surface area (Å²) in [7, 11) is 3.84. The monoisotopic (exact) mass is 524 g/mol. The Morgan fingerprint density at radius 2 is 1.76 bits per heavy atom. The molecule has 8 nitrogen and oxygen atoms in total. The fourth-order valence-electron chi connectivity index (χ4n) is 5.17. The largest absolute Gasteiger partial charge is 0.378 e. The van der Waals surface area contributed by atoms with Gasteiger partial charge in [0.15, 0.2) is 5.78 Å². The zero-order valence-electron chi connectivity index (χ0n) is 21.6. The molecule has 0 bridgehead atoms. The Morgan fingerprint density at radius 1 is 1.05 bits per heavy atom. The number of nitrogens with one attached hydrogen (secondary N) is 1. The summed E-state index contributed by atoms with van der Waals surface area (Å²) in [4.78, 5) is 58.0. The van der Waals surface area contributed by atoms with Crippen LogP contribution in [0.4, 0.5) is 5.69 Å². The van der Waals surface area contributed by atoms with E-state index in [-0.39, 0.29) is 36.0 Å². The van der Waals surface area contributed by atoms with Gasteiger partial charge >= 0.3 is 0 Å². The number of nitrogens with zero attached hydrogens (tertiary/aromatic N) is 3. The van der Waals surface area contributed by atoms with E-state index in [0.29, 0.717) is 35.5 Å². The molecular weight excluding hydrogens is 492 g/mol. The Kier molecular flexibility index (Phi) is 7.87. The normalized spacial score (nSPS) is 19.7. The van der Waals surface area contributed by atoms with Gasteiger partial charge in [0.25, 0.3) is 11.8 Å². The molecule has 37 heavy (non-hydrogen) atoms. The lowest BCUT2D eigenvalue weighted by molar-refractivity contribution is -0.138. The molecule has 2 fully saturated rings. The van der Waals surface area contributed by atoms with Gasteiger partial charge in [-0.15, -0.1) is 0 Å². The average Bonchev–Trinajstić information content (AvgIpc) is 3.43. The SMILES string of the molecule is CC(C)C[C@H](NC(=O)c1ccc(N(C)C)cc1)C(=O)N1CCC2C1C(=O)CN2C(=O)c1cccc(Cl)c1. The Bertz CT molecular complexity index is 1200. The third-order valence-electron chi connectivity index (χ3n) is 6.99. The van der Waals surface area contributed by atoms with Crippen LogP contribution in [0.5, 0.6) is 0 Å². The number of Topliss-reactive ketones (excluding diaryl/α,β-unsaturated/α-hetero) is 1. The highest BCUT2D eigenvalue weighted by molar-refractivity contribution is 6.31. The van der Waals surface area contributed by atoms with Gasteiger partial charge in [-0.1, -0.05) is 31.5 Å². The van der Waals surface area contributed by atoms with Crippen LogP contribution in [0.2, 0.25) is 5.02 Å². The molecule has 0 aliphatic carbocycles. The lowest BCUT2D eigenvalue weighted by Crippen LogP contribution is -2.53. The van der Waals surface area contributed by atoms with E-state index in [4.69, 9.17) is 11.6 Å². The van der Waals surface area contributed by atoms with Crippen molar-refractivity contribution in [3.8, 4) is 0 Å². The minimum Gasteiger partial charge on any atom is -0.378 e. The van der Waals surface area contributed by atoms with Crippen LogP contribution in [0.25, 0.3) is 0 Å². The molecule has 0 saturated carbocycles. The Labute approximate surface area is 222 Å². The van der Waals surface area contributed by atoms with Crippen molar-refractivity contribution in [1.82, 2.24) is 15.1 Å². The fourth-order valence-corrected chi connectivity index (χ4v) is 5.36. The first kappa shape index (κ1) is 26.7. The summed E-state index contributed by atoms with van der Waals surface area (Å²) in [6, 6.07) is 11.9. The van der Waals surface area contributed by atoms with Gasteiger partial charge in [-0.25, -0.2) is 0 Å². The van der Waals surface area contributed by atoms with Gasteiger partial charge in [0.2, 0.25) is 5.91 Å². The van der Waals surface area contributed by atoms with E-state index in [2.05, 4.69) is 5.32 Å². The minimum atomic E-state index is -0.773. The molecule has 2 aliphatic rings. The minimum absolute atomic E-state index is 0.0517. The second-order valence-electron chi connectivity index (χ2n) is 10.3. The molecule has 2 aromatic carbocycles. The maximum Gasteiger partial charge on any atom is 0.254 e. The van der Waals surface area contributed by atoms with Crippen LogP contribution >= 0.6 is 11.6 Å². The summed E-state index contributed by atoms with van der Waals surface area (Å²) in [5.41, 5.74) is 1.84. The van der Waals surface area contributed by atoms with E-state index in [9.17, 15) is 19.2 Å². The highest BCUT2D eigenvalue weighted by Gasteiger charge is 2.52. The van der Waals surface area contributed by atoms with E-state index < -0.39 is 18.1 Å². The lowest BCUT2D eigenvalue weighted by Gasteiger charge is -2.29. The zero-order valence-corrected chi connectivity index (χ0v) is 22.4. The van der Waals surface area contributed by atoms with Gasteiger partial charge in [-0.2, -0.15) is 0 Å². The number of hydrogen-bond donors (Lipinski definition) is 1. The molecule has 4 rings (SSSR count). The Morgan fingerprint density at radius 3 is 2.38 bits per heavy atom. The predicted molar refractivity (Wildman–Crippen MR) is 143 cm³/mol. The molecule has 2 heterocycles. The third-order valence-corrected chi connectivity index (χ3v) is 7.23. The molecule has 2 saturated heterocycles. The molecular formula is C28H33ClN4O4. The van der Waals surface area contributed by atoms with Crippen molar-refractivity contribution >= 4 is 40.8 Å². The first-order valence-corrected chi connectivity index (χ1v) is 12.9. The number of likely N-dealkylation sites (tertiary alicyclic amines) is 2. The summed E-state index contributed by atoms with van der Waals surface area (Å²) in [5.74, 6) is -0.921. The number of hydrogen-bond acceptors (Lipinski definition) is 5. The first-order valence-electron chi connectivity index (χ1n) is 12.5. The summed E-state index contributed by atoms with van der Waals surface area (Å²) in [6.45, 7) is 4.26. The van der Waals surface area contributed by atoms with Crippen molar-refractivity contribution in [2.75, 3.05) is 32.1 Å². The molecule has 0 aromatic heterocycles. The van der Waals surface area contributed by atoms with E-state index >= 15 is 0 Å². The number of benzene rings is 2. The highest BCUT2D eigenvalue weighted by atomic mass is 35.5. The van der Waals surface area contributed by atoms with Gasteiger partial charge in [0.05, 0.1) is 12.6 Å². The summed E-state index contributed by atoms with van der Waals surface area (Å²) < 4.78 is 0. The maximum atomic E-state index is 13.7. The van der Waals surface area contributed by atoms with Crippen LogP contribution in [-0.4, -0.2) is 78.6 Å². The molecule has 9 heteroatoms. The number of ketones is 1. The van der Waals surface area contributed by atoms with E-state index in [1.165, 1.54) is 0 Å². The lowest BCUT2D eigenvalue weighted by atomic mass is 10.0. The molecule has 3 amide bonds. The quantitative estimate of drug-likeness (QED) is 0.600. The Balaban J connectivity index is 1.50. The number of amides is 3. The number of carbonyl (C=O) groups excluding carboxylic acids is 4. The van der Waals surface area contributed by atoms with Crippen molar-refractivity contribution in [3.05, 3.63) is 64.7 Å². The second-order valence-corrected chi connectivity index (χ2v) is 10.8. The Hall–Kier alpha value is -3.39. The first-order chi connectivity index (χ1) is 17.6. The van der Waals surface area contributed by atoms with E-state index in [1.807, 2.05) is 45.0 Å². The number of carbonyl (C=O) groups is 4. The van der Waals surface area contributed by atoms with Gasteiger partial charge in [-0.05, 0) is 61.2 Å². The smallest absolute Gasteiger partial charge is 0.254 e. The molecule has 2 aliphatic heterocycles. The molecule has 2 unspecified atom stereocenters. The van der Waals surface area contributed by atoms with Crippen LogP contribution < -0.4 is 10.2 Å². The van der Waals surface area contributed by atoms with Crippen molar-refractivity contribution in [1.29, 1.82) is 0 Å². The van der Waals surface area contributed by atoms with Crippen LogP contribution in [-0.2, 0) is 9.59 Å². The molecule has 0 spiro atoms. The molecule has 196 valence electrons. The maximum absolute atomic E-state index is 13.7. The van der Waals surface area contributed by atoms with E-state index in [1.54, 1.807) is 46.2 Å². The standard InChI is InChI=1S/C28H33ClN4O4/c1-17(2)14-22(30-26(35)18-8-10-21(11-9-18)31(3)4)28(37)32-13-12-23-25(32)24(34)16-33(23)27(36)19-6-5-7-20(29)15-19/h5-11,15,17,22-23,25H,12-14,16H2,1-4H3,(H,30,35)/t22-,23?,25?/m0/s1. The van der Waals surface area contributed by atoms with Crippen LogP contribution in [0.1, 0.15) is 47.4 Å². The van der Waals surface area contributed by atoms with Crippen molar-refractivity contribution in [3.63, 3.8) is 0 Å². The summed E-state index contributed by atoms with van der Waals surface area (Å²) in [5, 5.41) is 3.34. The third kappa shape index (κ3) is 5.64. The molecule has 2 aromatic rings. The van der Waals surface area contributed by atoms with Gasteiger partial charge in [-0.3, -0.25) is 19.2 Å². The van der Waals surface area contributed by atoms with Crippen LogP contribution in [0.15, 0.2) is 48.5 Å². The molecule has 0 radical (unpaired) electrons. The van der Waals surface area contributed by atoms with Crippen molar-refractivity contribution in [2.45, 2.75) is 44.8 Å². The van der Waals surface area contributed by atoms with Gasteiger partial charge < -0.3 is 20.0 Å². The van der Waals surface area contributed by atoms with Crippen molar-refractivity contribution in [2.24, 2.45) is 5.92 Å². The average molecular weight is 525 g/mol. The summed E-state index contributed by atoms with van der Waals surface area (Å²) >= 11 is 6.06. The topological polar surface area (TPSA) is 90.0 Å². The van der Waals surface area contributed by atoms with Gasteiger partial charge in [0, 0.05) is 42.5 Å². The number of anilines is 1. The molecule has 1 N–H and O–H groups in total. The van der Waals surface area contributed by atoms with Gasteiger partial charge in [0.1, 0.15) is 12.1 Å². The van der Waals surface area contributed by atoms with Crippen LogP contribution in [0, 0.1) is 5.92 Å². The zero-order chi connectivity index (χ0) is 26.9. The van der Waals surface area contributed by atoms with Crippen LogP contribution in [0.3, 0.4) is 0 Å². The highest BCUT2D eigenvalue weighted by Crippen LogP contribution is 2.32. The van der Waals surface area contributed by atoms with E-state index in [0.717, 1.165) is 5.69 Å². The number of fused-ring (bicyclic) bond motifs is 1. The fraction of sp³-hybridized carbons (Fsp3) is 0.429.